The quantitative estimate of drug-likeness (QED) is 0.720. The first-order valence-electron chi connectivity index (χ1n) is 9.95. The Bertz CT molecular complexity index is 797. The second-order valence-electron chi connectivity index (χ2n) is 7.63. The Morgan fingerprint density at radius 2 is 1.86 bits per heavy atom. The molecule has 156 valence electrons. The maximum absolute atomic E-state index is 13.3. The molecule has 3 rings (SSSR count). The van der Waals surface area contributed by atoms with Gasteiger partial charge in [0.1, 0.15) is 10.6 Å². The molecule has 0 aromatic heterocycles. The first-order valence-corrected chi connectivity index (χ1v) is 11.4. The number of carbonyl (C=O) groups excluding carboxylic acids is 1. The highest BCUT2D eigenvalue weighted by Gasteiger charge is 2.33. The fraction of sp³-hybridized carbons (Fsp3) is 0.650. The predicted octanol–water partition coefficient (Wildman–Crippen LogP) is 2.51. The maximum Gasteiger partial charge on any atom is 0.254 e. The molecule has 0 unspecified atom stereocenters. The molecule has 1 saturated heterocycles. The van der Waals surface area contributed by atoms with Gasteiger partial charge in [0, 0.05) is 30.7 Å². The van der Waals surface area contributed by atoms with Crippen molar-refractivity contribution in [1.29, 1.82) is 0 Å². The van der Waals surface area contributed by atoms with E-state index in [1.165, 1.54) is 17.5 Å². The summed E-state index contributed by atoms with van der Waals surface area (Å²) in [5.74, 6) is 0.128. The van der Waals surface area contributed by atoms with Crippen molar-refractivity contribution in [3.63, 3.8) is 0 Å². The van der Waals surface area contributed by atoms with E-state index in [0.29, 0.717) is 31.9 Å². The van der Waals surface area contributed by atoms with Crippen molar-refractivity contribution in [2.75, 3.05) is 33.4 Å². The van der Waals surface area contributed by atoms with Gasteiger partial charge >= 0.3 is 0 Å². The number of carbonyl (C=O) groups is 1. The summed E-state index contributed by atoms with van der Waals surface area (Å²) in [4.78, 5) is 15.2. The number of morpholine rings is 1. The molecule has 0 N–H and O–H groups in total. The van der Waals surface area contributed by atoms with Crippen molar-refractivity contribution < 1.29 is 22.7 Å². The number of methoxy groups -OCH3 is 1. The first-order chi connectivity index (χ1) is 13.4. The van der Waals surface area contributed by atoms with Crippen molar-refractivity contribution >= 4 is 15.9 Å². The van der Waals surface area contributed by atoms with Crippen LogP contribution in [0.25, 0.3) is 0 Å². The Kier molecular flexibility index (Phi) is 6.62. The van der Waals surface area contributed by atoms with Crippen LogP contribution in [0.4, 0.5) is 0 Å². The number of rotatable bonds is 6. The molecule has 1 amide bonds. The minimum atomic E-state index is -3.77. The Balaban J connectivity index is 1.96. The normalized spacial score (nSPS) is 19.1. The molecule has 0 bridgehead atoms. The summed E-state index contributed by atoms with van der Waals surface area (Å²) in [6, 6.07) is 4.97. The SMILES string of the molecule is COc1ccc(C(=O)N(C(C)C)C2CCCC2)cc1S(=O)(=O)N1CCOCC1. The van der Waals surface area contributed by atoms with Crippen LogP contribution in [0.1, 0.15) is 49.9 Å². The number of hydrogen-bond donors (Lipinski definition) is 0. The van der Waals surface area contributed by atoms with Crippen molar-refractivity contribution in [1.82, 2.24) is 9.21 Å². The third kappa shape index (κ3) is 4.18. The van der Waals surface area contributed by atoms with E-state index >= 15 is 0 Å². The van der Waals surface area contributed by atoms with E-state index in [1.807, 2.05) is 18.7 Å². The van der Waals surface area contributed by atoms with Gasteiger partial charge in [-0.3, -0.25) is 4.79 Å². The van der Waals surface area contributed by atoms with Crippen LogP contribution in [0.2, 0.25) is 0 Å². The van der Waals surface area contributed by atoms with Crippen LogP contribution < -0.4 is 4.74 Å². The molecule has 1 heterocycles. The number of amides is 1. The Morgan fingerprint density at radius 3 is 2.43 bits per heavy atom. The molecule has 1 aromatic carbocycles. The molecule has 2 aliphatic rings. The fourth-order valence-corrected chi connectivity index (χ4v) is 5.68. The average Bonchev–Trinajstić information content (AvgIpc) is 3.22. The van der Waals surface area contributed by atoms with Crippen molar-refractivity contribution in [2.45, 2.75) is 56.5 Å². The Hall–Kier alpha value is -1.64. The minimum absolute atomic E-state index is 0.0397. The number of benzene rings is 1. The number of ether oxygens (including phenoxy) is 2. The zero-order valence-corrected chi connectivity index (χ0v) is 17.7. The smallest absolute Gasteiger partial charge is 0.254 e. The van der Waals surface area contributed by atoms with Crippen LogP contribution in [0, 0.1) is 0 Å². The molecule has 0 atom stereocenters. The van der Waals surface area contributed by atoms with Gasteiger partial charge in [-0.25, -0.2) is 8.42 Å². The summed E-state index contributed by atoms with van der Waals surface area (Å²) >= 11 is 0. The summed E-state index contributed by atoms with van der Waals surface area (Å²) in [6.07, 6.45) is 4.25. The van der Waals surface area contributed by atoms with Gasteiger partial charge in [-0.15, -0.1) is 0 Å². The highest BCUT2D eigenvalue weighted by molar-refractivity contribution is 7.89. The van der Waals surface area contributed by atoms with Crippen molar-refractivity contribution in [3.05, 3.63) is 23.8 Å². The van der Waals surface area contributed by atoms with E-state index in [0.717, 1.165) is 25.7 Å². The standard InChI is InChI=1S/C20H30N2O5S/c1-15(2)22(17-6-4-5-7-17)20(23)16-8-9-18(26-3)19(14-16)28(24,25)21-10-12-27-13-11-21/h8-9,14-15,17H,4-7,10-13H2,1-3H3. The van der Waals surface area contributed by atoms with E-state index < -0.39 is 10.0 Å². The summed E-state index contributed by atoms with van der Waals surface area (Å²) in [5, 5.41) is 0. The number of hydrogen-bond acceptors (Lipinski definition) is 5. The van der Waals surface area contributed by atoms with Crippen LogP contribution in [0.15, 0.2) is 23.1 Å². The summed E-state index contributed by atoms with van der Waals surface area (Å²) in [7, 11) is -2.33. The number of sulfonamides is 1. The van der Waals surface area contributed by atoms with Crippen LogP contribution >= 0.6 is 0 Å². The van der Waals surface area contributed by atoms with Gasteiger partial charge < -0.3 is 14.4 Å². The first kappa shape index (κ1) is 21.1. The molecule has 1 aliphatic heterocycles. The third-order valence-electron chi connectivity index (χ3n) is 5.51. The Morgan fingerprint density at radius 1 is 1.21 bits per heavy atom. The van der Waals surface area contributed by atoms with E-state index in [4.69, 9.17) is 9.47 Å². The minimum Gasteiger partial charge on any atom is -0.495 e. The monoisotopic (exact) mass is 410 g/mol. The highest BCUT2D eigenvalue weighted by atomic mass is 32.2. The maximum atomic E-state index is 13.3. The molecular weight excluding hydrogens is 380 g/mol. The van der Waals surface area contributed by atoms with Gasteiger partial charge in [-0.1, -0.05) is 12.8 Å². The molecule has 1 saturated carbocycles. The lowest BCUT2D eigenvalue weighted by Gasteiger charge is -2.33. The Labute approximate surface area is 167 Å². The molecule has 0 radical (unpaired) electrons. The molecule has 2 fully saturated rings. The van der Waals surface area contributed by atoms with Crippen LogP contribution in [-0.4, -0.2) is 69.0 Å². The van der Waals surface area contributed by atoms with Crippen molar-refractivity contribution in [3.8, 4) is 5.75 Å². The summed E-state index contributed by atoms with van der Waals surface area (Å²) in [6.45, 7) is 5.33. The molecular formula is C20H30N2O5S. The van der Waals surface area contributed by atoms with Crippen LogP contribution in [0.3, 0.4) is 0 Å². The zero-order valence-electron chi connectivity index (χ0n) is 16.9. The third-order valence-corrected chi connectivity index (χ3v) is 7.43. The highest BCUT2D eigenvalue weighted by Crippen LogP contribution is 2.31. The number of nitrogens with zero attached hydrogens (tertiary/aromatic N) is 2. The van der Waals surface area contributed by atoms with Gasteiger partial charge in [-0.05, 0) is 44.9 Å². The molecule has 1 aromatic rings. The van der Waals surface area contributed by atoms with Crippen LogP contribution in [0.5, 0.6) is 5.75 Å². The van der Waals surface area contributed by atoms with E-state index in [9.17, 15) is 13.2 Å². The van der Waals surface area contributed by atoms with Gasteiger partial charge in [-0.2, -0.15) is 4.31 Å². The van der Waals surface area contributed by atoms with Gasteiger partial charge in [0.25, 0.3) is 5.91 Å². The molecule has 8 heteroatoms. The van der Waals surface area contributed by atoms with Gasteiger partial charge in [0.2, 0.25) is 10.0 Å². The largest absolute Gasteiger partial charge is 0.495 e. The lowest BCUT2D eigenvalue weighted by atomic mass is 10.1. The molecule has 0 spiro atoms. The molecule has 1 aliphatic carbocycles. The molecule has 7 nitrogen and oxygen atoms in total. The van der Waals surface area contributed by atoms with Gasteiger partial charge in [0.15, 0.2) is 0 Å². The fourth-order valence-electron chi connectivity index (χ4n) is 4.09. The lowest BCUT2D eigenvalue weighted by molar-refractivity contribution is 0.0613. The zero-order chi connectivity index (χ0) is 20.3. The second-order valence-corrected chi connectivity index (χ2v) is 9.53. The average molecular weight is 411 g/mol. The topological polar surface area (TPSA) is 76.2 Å². The predicted molar refractivity (Wildman–Crippen MR) is 106 cm³/mol. The molecule has 28 heavy (non-hydrogen) atoms. The van der Waals surface area contributed by atoms with Crippen molar-refractivity contribution in [2.24, 2.45) is 0 Å². The van der Waals surface area contributed by atoms with E-state index in [-0.39, 0.29) is 28.6 Å². The van der Waals surface area contributed by atoms with E-state index in [2.05, 4.69) is 0 Å². The van der Waals surface area contributed by atoms with Gasteiger partial charge in [0.05, 0.1) is 20.3 Å². The van der Waals surface area contributed by atoms with Crippen LogP contribution in [-0.2, 0) is 14.8 Å². The lowest BCUT2D eigenvalue weighted by Crippen LogP contribution is -2.44. The summed E-state index contributed by atoms with van der Waals surface area (Å²) in [5.41, 5.74) is 0.383. The van der Waals surface area contributed by atoms with E-state index in [1.54, 1.807) is 12.1 Å². The summed E-state index contributed by atoms with van der Waals surface area (Å²) < 4.78 is 38.3. The second kappa shape index (κ2) is 8.80.